The van der Waals surface area contributed by atoms with Crippen LogP contribution in [0, 0.1) is 23.7 Å². The van der Waals surface area contributed by atoms with Crippen molar-refractivity contribution in [3.63, 3.8) is 0 Å². The molecule has 2 aliphatic carbocycles. The molecule has 0 aromatic rings. The average Bonchev–Trinajstić information content (AvgIpc) is 2.24. The summed E-state index contributed by atoms with van der Waals surface area (Å²) in [7, 11) is 0. The molecule has 2 aliphatic rings. The summed E-state index contributed by atoms with van der Waals surface area (Å²) >= 11 is 0. The Balaban J connectivity index is 2.26. The lowest BCUT2D eigenvalue weighted by Crippen LogP contribution is -2.16. The van der Waals surface area contributed by atoms with E-state index in [0.29, 0.717) is 5.41 Å². The molecule has 0 saturated heterocycles. The van der Waals surface area contributed by atoms with Crippen LogP contribution in [0.25, 0.3) is 0 Å². The van der Waals surface area contributed by atoms with Crippen LogP contribution in [0.15, 0.2) is 0 Å². The lowest BCUT2D eigenvalue weighted by molar-refractivity contribution is 0.266. The van der Waals surface area contributed by atoms with Crippen molar-refractivity contribution in [3.05, 3.63) is 6.42 Å². The first kappa shape index (κ1) is 5.76. The van der Waals surface area contributed by atoms with Crippen molar-refractivity contribution in [2.45, 2.75) is 33.1 Å². The SMILES string of the molecule is CC1(C)C2[CH]CC1CC2. The van der Waals surface area contributed by atoms with Crippen LogP contribution in [0.2, 0.25) is 0 Å². The summed E-state index contributed by atoms with van der Waals surface area (Å²) in [5.41, 5.74) is 0.667. The van der Waals surface area contributed by atoms with E-state index in [9.17, 15) is 0 Å². The minimum Gasteiger partial charge on any atom is -0.0594 e. The molecule has 0 nitrogen and oxygen atoms in total. The average molecular weight is 123 g/mol. The van der Waals surface area contributed by atoms with Crippen LogP contribution < -0.4 is 0 Å². The summed E-state index contributed by atoms with van der Waals surface area (Å²) in [5, 5.41) is 0. The van der Waals surface area contributed by atoms with E-state index < -0.39 is 0 Å². The maximum Gasteiger partial charge on any atom is -0.0295 e. The van der Waals surface area contributed by atoms with Crippen molar-refractivity contribution in [2.75, 3.05) is 0 Å². The van der Waals surface area contributed by atoms with Gasteiger partial charge < -0.3 is 0 Å². The minimum absolute atomic E-state index is 0.667. The predicted octanol–water partition coefficient (Wildman–Crippen LogP) is 2.65. The molecule has 2 fully saturated rings. The van der Waals surface area contributed by atoms with Gasteiger partial charge in [0.05, 0.1) is 0 Å². The second kappa shape index (κ2) is 1.53. The third-order valence-electron chi connectivity index (χ3n) is 3.54. The molecule has 51 valence electrons. The van der Waals surface area contributed by atoms with E-state index in [1.165, 1.54) is 19.3 Å². The molecule has 0 aliphatic heterocycles. The van der Waals surface area contributed by atoms with Crippen LogP contribution in [0.4, 0.5) is 0 Å². The summed E-state index contributed by atoms with van der Waals surface area (Å²) in [6, 6.07) is 0. The molecule has 0 aromatic heterocycles. The van der Waals surface area contributed by atoms with Gasteiger partial charge in [0.1, 0.15) is 0 Å². The molecular weight excluding hydrogens is 108 g/mol. The zero-order valence-corrected chi connectivity index (χ0v) is 6.35. The monoisotopic (exact) mass is 123 g/mol. The van der Waals surface area contributed by atoms with E-state index in [4.69, 9.17) is 0 Å². The van der Waals surface area contributed by atoms with E-state index in [0.717, 1.165) is 11.8 Å². The van der Waals surface area contributed by atoms with E-state index in [1.807, 2.05) is 0 Å². The molecule has 2 saturated carbocycles. The molecule has 2 atom stereocenters. The molecule has 1 radical (unpaired) electrons. The lowest BCUT2D eigenvalue weighted by Gasteiger charge is -2.23. The Morgan fingerprint density at radius 1 is 1.33 bits per heavy atom. The fraction of sp³-hybridized carbons (Fsp3) is 0.889. The van der Waals surface area contributed by atoms with Gasteiger partial charge >= 0.3 is 0 Å². The minimum atomic E-state index is 0.667. The topological polar surface area (TPSA) is 0 Å². The van der Waals surface area contributed by atoms with Crippen LogP contribution in [-0.2, 0) is 0 Å². The van der Waals surface area contributed by atoms with E-state index >= 15 is 0 Å². The van der Waals surface area contributed by atoms with Crippen LogP contribution in [0.1, 0.15) is 33.1 Å². The molecule has 2 unspecified atom stereocenters. The fourth-order valence-corrected chi connectivity index (χ4v) is 2.60. The first-order valence-electron chi connectivity index (χ1n) is 4.04. The van der Waals surface area contributed by atoms with Gasteiger partial charge in [-0.2, -0.15) is 0 Å². The standard InChI is InChI=1S/C9H15/c1-9(2)7-3-4-8(9)6-5-7/h3,7-8H,4-6H2,1-2H3. The highest BCUT2D eigenvalue weighted by atomic mass is 14.5. The Morgan fingerprint density at radius 3 is 2.22 bits per heavy atom. The van der Waals surface area contributed by atoms with Gasteiger partial charge in [0.2, 0.25) is 0 Å². The van der Waals surface area contributed by atoms with Gasteiger partial charge in [-0.1, -0.05) is 13.8 Å². The number of rotatable bonds is 0. The zero-order chi connectivity index (χ0) is 6.48. The Morgan fingerprint density at radius 2 is 2.11 bits per heavy atom. The highest BCUT2D eigenvalue weighted by molar-refractivity contribution is 5.06. The molecule has 2 bridgehead atoms. The lowest BCUT2D eigenvalue weighted by atomic mass is 9.82. The van der Waals surface area contributed by atoms with Crippen molar-refractivity contribution in [3.8, 4) is 0 Å². The Labute approximate surface area is 57.6 Å². The molecule has 0 heterocycles. The van der Waals surface area contributed by atoms with Crippen LogP contribution in [0.5, 0.6) is 0 Å². The quantitative estimate of drug-likeness (QED) is 0.464. The van der Waals surface area contributed by atoms with Crippen LogP contribution >= 0.6 is 0 Å². The maximum absolute atomic E-state index is 2.54. The van der Waals surface area contributed by atoms with Crippen molar-refractivity contribution in [2.24, 2.45) is 17.3 Å². The van der Waals surface area contributed by atoms with Crippen molar-refractivity contribution >= 4 is 0 Å². The smallest absolute Gasteiger partial charge is 0.0295 e. The normalized spacial score (nSPS) is 46.0. The summed E-state index contributed by atoms with van der Waals surface area (Å²) < 4.78 is 0. The zero-order valence-electron chi connectivity index (χ0n) is 6.35. The molecule has 9 heavy (non-hydrogen) atoms. The van der Waals surface area contributed by atoms with Gasteiger partial charge in [-0.3, -0.25) is 0 Å². The van der Waals surface area contributed by atoms with E-state index in [-0.39, 0.29) is 0 Å². The highest BCUT2D eigenvalue weighted by Crippen LogP contribution is 2.56. The second-order valence-electron chi connectivity index (χ2n) is 4.17. The predicted molar refractivity (Wildman–Crippen MR) is 38.9 cm³/mol. The largest absolute Gasteiger partial charge is 0.0594 e. The molecule has 2 rings (SSSR count). The molecule has 0 amide bonds. The van der Waals surface area contributed by atoms with Gasteiger partial charge in [0, 0.05) is 0 Å². The van der Waals surface area contributed by atoms with Gasteiger partial charge in [-0.05, 0) is 42.9 Å². The molecule has 0 N–H and O–H groups in total. The summed E-state index contributed by atoms with van der Waals surface area (Å²) in [6.07, 6.45) is 6.90. The third kappa shape index (κ3) is 0.595. The molecule has 0 heteroatoms. The second-order valence-corrected chi connectivity index (χ2v) is 4.17. The molecule has 0 spiro atoms. The first-order valence-corrected chi connectivity index (χ1v) is 4.04. The first-order chi connectivity index (χ1) is 4.21. The number of fused-ring (bicyclic) bond motifs is 2. The summed E-state index contributed by atoms with van der Waals surface area (Å²) in [6.45, 7) is 4.86. The van der Waals surface area contributed by atoms with E-state index in [2.05, 4.69) is 20.3 Å². The number of hydrogen-bond donors (Lipinski definition) is 0. The van der Waals surface area contributed by atoms with Gasteiger partial charge in [-0.25, -0.2) is 0 Å². The van der Waals surface area contributed by atoms with Gasteiger partial charge in [0.15, 0.2) is 0 Å². The molecular formula is C9H15. The van der Waals surface area contributed by atoms with Gasteiger partial charge in [0.25, 0.3) is 0 Å². The summed E-state index contributed by atoms with van der Waals surface area (Å²) in [4.78, 5) is 0. The van der Waals surface area contributed by atoms with Crippen LogP contribution in [0.3, 0.4) is 0 Å². The Hall–Kier alpha value is 0. The van der Waals surface area contributed by atoms with E-state index in [1.54, 1.807) is 0 Å². The third-order valence-corrected chi connectivity index (χ3v) is 3.54. The molecule has 0 aromatic carbocycles. The van der Waals surface area contributed by atoms with Crippen molar-refractivity contribution in [1.82, 2.24) is 0 Å². The van der Waals surface area contributed by atoms with Gasteiger partial charge in [-0.15, -0.1) is 0 Å². The Kier molecular flexibility index (Phi) is 0.980. The maximum atomic E-state index is 2.54. The summed E-state index contributed by atoms with van der Waals surface area (Å²) in [5.74, 6) is 1.99. The van der Waals surface area contributed by atoms with Crippen LogP contribution in [-0.4, -0.2) is 0 Å². The Bertz CT molecular complexity index is 102. The number of hydrogen-bond acceptors (Lipinski definition) is 0. The van der Waals surface area contributed by atoms with Crippen molar-refractivity contribution < 1.29 is 0 Å². The van der Waals surface area contributed by atoms with Crippen molar-refractivity contribution in [1.29, 1.82) is 0 Å². The fourth-order valence-electron chi connectivity index (χ4n) is 2.60. The highest BCUT2D eigenvalue weighted by Gasteiger charge is 2.47.